The molecule has 1 aliphatic carbocycles. The van der Waals surface area contributed by atoms with Crippen molar-refractivity contribution < 1.29 is 13.5 Å². The fourth-order valence-corrected chi connectivity index (χ4v) is 1.43. The monoisotopic (exact) mass is 263 g/mol. The van der Waals surface area contributed by atoms with Crippen molar-refractivity contribution in [3.05, 3.63) is 22.8 Å². The first-order chi connectivity index (χ1) is 6.58. The average Bonchev–Trinajstić information content (AvgIpc) is 2.71. The van der Waals surface area contributed by atoms with Crippen LogP contribution >= 0.6 is 15.9 Å². The Labute approximate surface area is 88.4 Å². The number of hydrogen-bond acceptors (Lipinski definition) is 2. The van der Waals surface area contributed by atoms with E-state index in [2.05, 4.69) is 20.9 Å². The second-order valence-electron chi connectivity index (χ2n) is 3.27. The predicted octanol–water partition coefficient (Wildman–Crippen LogP) is 2.88. The van der Waals surface area contributed by atoms with Crippen LogP contribution in [0, 0.1) is 5.92 Å². The van der Waals surface area contributed by atoms with E-state index in [0.29, 0.717) is 10.5 Å². The summed E-state index contributed by atoms with van der Waals surface area (Å²) in [5, 5.41) is 0. The van der Waals surface area contributed by atoms with Crippen LogP contribution in [0.5, 0.6) is 5.88 Å². The first kappa shape index (κ1) is 9.83. The summed E-state index contributed by atoms with van der Waals surface area (Å²) in [6.45, 7) is 0.0381. The molecule has 0 amide bonds. The molecular formula is C9H8BrF2NO. The summed E-state index contributed by atoms with van der Waals surface area (Å²) in [4.78, 5) is 3.97. The highest BCUT2D eigenvalue weighted by Crippen LogP contribution is 2.48. The van der Waals surface area contributed by atoms with E-state index in [-0.39, 0.29) is 13.0 Å². The molecule has 14 heavy (non-hydrogen) atoms. The Morgan fingerprint density at radius 2 is 2.29 bits per heavy atom. The largest absolute Gasteiger partial charge is 0.477 e. The zero-order chi connectivity index (χ0) is 10.2. The lowest BCUT2D eigenvalue weighted by molar-refractivity contribution is 0.0849. The minimum absolute atomic E-state index is 0.0381. The van der Waals surface area contributed by atoms with Gasteiger partial charge in [0.2, 0.25) is 5.88 Å². The van der Waals surface area contributed by atoms with Gasteiger partial charge in [-0.3, -0.25) is 0 Å². The number of rotatable bonds is 3. The van der Waals surface area contributed by atoms with Crippen molar-refractivity contribution in [2.45, 2.75) is 12.3 Å². The molecule has 76 valence electrons. The zero-order valence-corrected chi connectivity index (χ0v) is 8.80. The van der Waals surface area contributed by atoms with Crippen LogP contribution in [0.15, 0.2) is 22.8 Å². The number of ether oxygens (including phenoxy) is 1. The Morgan fingerprint density at radius 3 is 2.86 bits per heavy atom. The van der Waals surface area contributed by atoms with Gasteiger partial charge in [0.1, 0.15) is 4.60 Å². The summed E-state index contributed by atoms with van der Waals surface area (Å²) in [6, 6.07) is 5.14. The molecule has 0 spiro atoms. The van der Waals surface area contributed by atoms with Crippen LogP contribution in [0.2, 0.25) is 0 Å². The molecule has 1 aromatic heterocycles. The van der Waals surface area contributed by atoms with Crippen molar-refractivity contribution in [2.75, 3.05) is 6.61 Å². The highest BCUT2D eigenvalue weighted by molar-refractivity contribution is 9.10. The summed E-state index contributed by atoms with van der Waals surface area (Å²) in [7, 11) is 0. The molecule has 1 fully saturated rings. The molecule has 1 aromatic rings. The lowest BCUT2D eigenvalue weighted by Gasteiger charge is -2.03. The molecule has 1 aliphatic rings. The zero-order valence-electron chi connectivity index (χ0n) is 7.21. The van der Waals surface area contributed by atoms with Gasteiger partial charge in [0.05, 0.1) is 12.5 Å². The molecule has 1 heterocycles. The molecule has 1 atom stereocenters. The molecule has 0 radical (unpaired) electrons. The molecule has 0 bridgehead atoms. The Balaban J connectivity index is 1.87. The van der Waals surface area contributed by atoms with Gasteiger partial charge < -0.3 is 4.74 Å². The molecular weight excluding hydrogens is 256 g/mol. The second kappa shape index (κ2) is 3.46. The maximum absolute atomic E-state index is 12.5. The topological polar surface area (TPSA) is 22.1 Å². The highest BCUT2D eigenvalue weighted by atomic mass is 79.9. The Hall–Kier alpha value is -0.710. The van der Waals surface area contributed by atoms with Gasteiger partial charge in [0.25, 0.3) is 5.92 Å². The lowest BCUT2D eigenvalue weighted by atomic mass is 10.4. The summed E-state index contributed by atoms with van der Waals surface area (Å²) in [5.74, 6) is -2.78. The minimum Gasteiger partial charge on any atom is -0.477 e. The van der Waals surface area contributed by atoms with E-state index in [1.54, 1.807) is 18.2 Å². The van der Waals surface area contributed by atoms with Crippen LogP contribution in [-0.2, 0) is 0 Å². The van der Waals surface area contributed by atoms with Crippen LogP contribution in [0.3, 0.4) is 0 Å². The highest BCUT2D eigenvalue weighted by Gasteiger charge is 2.57. The Bertz CT molecular complexity index is 345. The molecule has 0 aliphatic heterocycles. The summed E-state index contributed by atoms with van der Waals surface area (Å²) >= 11 is 3.17. The SMILES string of the molecule is FC1(F)CC1COc1cccc(Br)n1. The molecule has 1 saturated carbocycles. The fraction of sp³-hybridized carbons (Fsp3) is 0.444. The lowest BCUT2D eigenvalue weighted by Crippen LogP contribution is -2.06. The number of aromatic nitrogens is 1. The molecule has 0 saturated heterocycles. The van der Waals surface area contributed by atoms with Gasteiger partial charge in [-0.2, -0.15) is 0 Å². The Kier molecular flexibility index (Phi) is 2.43. The van der Waals surface area contributed by atoms with E-state index in [9.17, 15) is 8.78 Å². The van der Waals surface area contributed by atoms with Gasteiger partial charge in [-0.1, -0.05) is 6.07 Å². The van der Waals surface area contributed by atoms with Gasteiger partial charge >= 0.3 is 0 Å². The van der Waals surface area contributed by atoms with Gasteiger partial charge in [0.15, 0.2) is 0 Å². The van der Waals surface area contributed by atoms with Crippen LogP contribution in [-0.4, -0.2) is 17.5 Å². The standard InChI is InChI=1S/C9H8BrF2NO/c10-7-2-1-3-8(13-7)14-5-6-4-9(6,11)12/h1-3,6H,4-5H2. The van der Waals surface area contributed by atoms with Gasteiger partial charge in [-0.25, -0.2) is 13.8 Å². The number of pyridine rings is 1. The molecule has 2 nitrogen and oxygen atoms in total. The van der Waals surface area contributed by atoms with E-state index in [0.717, 1.165) is 0 Å². The van der Waals surface area contributed by atoms with E-state index in [1.165, 1.54) is 0 Å². The van der Waals surface area contributed by atoms with Crippen molar-refractivity contribution >= 4 is 15.9 Å². The fourth-order valence-electron chi connectivity index (χ4n) is 1.11. The molecule has 0 aromatic carbocycles. The number of halogens is 3. The van der Waals surface area contributed by atoms with Crippen molar-refractivity contribution in [2.24, 2.45) is 5.92 Å². The van der Waals surface area contributed by atoms with E-state index < -0.39 is 11.8 Å². The summed E-state index contributed by atoms with van der Waals surface area (Å²) in [6.07, 6.45) is -0.0684. The maximum atomic E-state index is 12.5. The number of nitrogens with zero attached hydrogens (tertiary/aromatic N) is 1. The number of hydrogen-bond donors (Lipinski definition) is 0. The van der Waals surface area contributed by atoms with Crippen LogP contribution in [0.25, 0.3) is 0 Å². The first-order valence-electron chi connectivity index (χ1n) is 4.21. The minimum atomic E-state index is -2.52. The Morgan fingerprint density at radius 1 is 1.57 bits per heavy atom. The number of alkyl halides is 2. The molecule has 0 N–H and O–H groups in total. The molecule has 5 heteroatoms. The second-order valence-corrected chi connectivity index (χ2v) is 4.08. The third-order valence-electron chi connectivity index (χ3n) is 2.08. The predicted molar refractivity (Wildman–Crippen MR) is 50.5 cm³/mol. The van der Waals surface area contributed by atoms with E-state index >= 15 is 0 Å². The normalized spacial score (nSPS) is 23.2. The third-order valence-corrected chi connectivity index (χ3v) is 2.52. The smallest absolute Gasteiger partial charge is 0.255 e. The van der Waals surface area contributed by atoms with Crippen LogP contribution in [0.1, 0.15) is 6.42 Å². The van der Waals surface area contributed by atoms with Gasteiger partial charge in [-0.15, -0.1) is 0 Å². The average molecular weight is 264 g/mol. The van der Waals surface area contributed by atoms with E-state index in [1.807, 2.05) is 0 Å². The van der Waals surface area contributed by atoms with Gasteiger partial charge in [-0.05, 0) is 22.0 Å². The van der Waals surface area contributed by atoms with Crippen LogP contribution in [0.4, 0.5) is 8.78 Å². The quantitative estimate of drug-likeness (QED) is 0.783. The molecule has 1 unspecified atom stereocenters. The van der Waals surface area contributed by atoms with E-state index in [4.69, 9.17) is 4.74 Å². The van der Waals surface area contributed by atoms with Crippen molar-refractivity contribution in [1.29, 1.82) is 0 Å². The van der Waals surface area contributed by atoms with Crippen molar-refractivity contribution in [3.63, 3.8) is 0 Å². The molecule has 2 rings (SSSR count). The van der Waals surface area contributed by atoms with Gasteiger partial charge in [0, 0.05) is 12.5 Å². The third kappa shape index (κ3) is 2.20. The summed E-state index contributed by atoms with van der Waals surface area (Å²) in [5.41, 5.74) is 0. The van der Waals surface area contributed by atoms with Crippen molar-refractivity contribution in [1.82, 2.24) is 4.98 Å². The first-order valence-corrected chi connectivity index (χ1v) is 5.00. The van der Waals surface area contributed by atoms with Crippen LogP contribution < -0.4 is 4.74 Å². The summed E-state index contributed by atoms with van der Waals surface area (Å²) < 4.78 is 30.7. The van der Waals surface area contributed by atoms with Crippen molar-refractivity contribution in [3.8, 4) is 5.88 Å². The maximum Gasteiger partial charge on any atom is 0.255 e.